The van der Waals surface area contributed by atoms with Crippen molar-refractivity contribution in [2.24, 2.45) is 0 Å². The second kappa shape index (κ2) is 7.28. The number of rotatable bonds is 5. The number of hydrogen-bond donors (Lipinski definition) is 1. The van der Waals surface area contributed by atoms with Gasteiger partial charge in [-0.3, -0.25) is 4.79 Å². The topological polar surface area (TPSA) is 72.8 Å². The van der Waals surface area contributed by atoms with Gasteiger partial charge >= 0.3 is 0 Å². The molecule has 0 aliphatic rings. The van der Waals surface area contributed by atoms with Gasteiger partial charge in [0, 0.05) is 5.75 Å². The number of aromatic nitrogens is 4. The molecule has 2 aromatic carbocycles. The Balaban J connectivity index is 1.73. The Labute approximate surface area is 160 Å². The van der Waals surface area contributed by atoms with Crippen LogP contribution >= 0.6 is 11.8 Å². The lowest BCUT2D eigenvalue weighted by molar-refractivity contribution is 0.412. The van der Waals surface area contributed by atoms with Crippen molar-refractivity contribution in [3.8, 4) is 11.4 Å². The molecule has 4 rings (SSSR count). The Kier molecular flexibility index (Phi) is 4.68. The van der Waals surface area contributed by atoms with E-state index in [2.05, 4.69) is 40.2 Å². The van der Waals surface area contributed by atoms with E-state index < -0.39 is 0 Å². The quantitative estimate of drug-likeness (QED) is 0.423. The molecule has 0 spiro atoms. The molecule has 0 saturated carbocycles. The van der Waals surface area contributed by atoms with E-state index in [0.717, 1.165) is 11.4 Å². The summed E-state index contributed by atoms with van der Waals surface area (Å²) in [7, 11) is 1.61. The zero-order valence-corrected chi connectivity index (χ0v) is 15.8. The van der Waals surface area contributed by atoms with Crippen LogP contribution in [0, 0.1) is 6.92 Å². The Bertz CT molecular complexity index is 1170. The molecule has 2 aromatic heterocycles. The fraction of sp³-hybridized carbons (Fsp3) is 0.150. The average Bonchev–Trinajstić information content (AvgIpc) is 3.11. The second-order valence-electron chi connectivity index (χ2n) is 6.11. The molecular formula is C20H18N4O2S. The van der Waals surface area contributed by atoms with Crippen molar-refractivity contribution in [1.29, 1.82) is 0 Å². The first-order valence-corrected chi connectivity index (χ1v) is 9.44. The Morgan fingerprint density at radius 3 is 2.85 bits per heavy atom. The SMILES string of the molecule is COc1ccccc1-n1ncc2c(=O)[nH]c(SCc3cccc(C)c3)nc21. The van der Waals surface area contributed by atoms with Crippen LogP contribution in [0.2, 0.25) is 0 Å². The van der Waals surface area contributed by atoms with E-state index in [1.807, 2.05) is 30.3 Å². The summed E-state index contributed by atoms with van der Waals surface area (Å²) in [6, 6.07) is 15.8. The molecule has 0 amide bonds. The molecule has 0 fully saturated rings. The van der Waals surface area contributed by atoms with Crippen LogP contribution < -0.4 is 10.3 Å². The van der Waals surface area contributed by atoms with Crippen molar-refractivity contribution in [2.45, 2.75) is 17.8 Å². The maximum Gasteiger partial charge on any atom is 0.262 e. The number of hydrogen-bond acceptors (Lipinski definition) is 5. The van der Waals surface area contributed by atoms with Crippen LogP contribution in [-0.2, 0) is 5.75 Å². The van der Waals surface area contributed by atoms with Crippen molar-refractivity contribution in [3.05, 3.63) is 76.2 Å². The van der Waals surface area contributed by atoms with Gasteiger partial charge in [-0.25, -0.2) is 9.67 Å². The molecule has 136 valence electrons. The van der Waals surface area contributed by atoms with Gasteiger partial charge in [-0.1, -0.05) is 53.7 Å². The van der Waals surface area contributed by atoms with E-state index in [4.69, 9.17) is 4.74 Å². The minimum absolute atomic E-state index is 0.201. The monoisotopic (exact) mass is 378 g/mol. The lowest BCUT2D eigenvalue weighted by atomic mass is 10.2. The summed E-state index contributed by atoms with van der Waals surface area (Å²) in [5, 5.41) is 5.36. The number of benzene rings is 2. The van der Waals surface area contributed by atoms with E-state index in [1.165, 1.54) is 29.1 Å². The number of H-pyrrole nitrogens is 1. The summed E-state index contributed by atoms with van der Waals surface area (Å²) in [5.74, 6) is 1.39. The first kappa shape index (κ1) is 17.4. The lowest BCUT2D eigenvalue weighted by Gasteiger charge is -2.09. The molecule has 4 aromatic rings. The third-order valence-corrected chi connectivity index (χ3v) is 5.13. The molecule has 0 unspecified atom stereocenters. The van der Waals surface area contributed by atoms with Crippen molar-refractivity contribution in [1.82, 2.24) is 19.7 Å². The van der Waals surface area contributed by atoms with E-state index in [0.29, 0.717) is 21.9 Å². The van der Waals surface area contributed by atoms with Crippen LogP contribution in [0.5, 0.6) is 5.75 Å². The molecule has 1 N–H and O–H groups in total. The molecule has 0 saturated heterocycles. The molecule has 0 aliphatic carbocycles. The van der Waals surface area contributed by atoms with Crippen LogP contribution in [-0.4, -0.2) is 26.9 Å². The maximum atomic E-state index is 12.5. The van der Waals surface area contributed by atoms with Gasteiger partial charge in [0.05, 0.1) is 13.3 Å². The average molecular weight is 378 g/mol. The number of ether oxygens (including phenoxy) is 1. The normalized spacial score (nSPS) is 11.0. The highest BCUT2D eigenvalue weighted by atomic mass is 32.2. The highest BCUT2D eigenvalue weighted by Crippen LogP contribution is 2.25. The summed E-state index contributed by atoms with van der Waals surface area (Å²) in [5.41, 5.74) is 3.44. The third-order valence-electron chi connectivity index (χ3n) is 4.19. The van der Waals surface area contributed by atoms with Gasteiger partial charge in [0.25, 0.3) is 5.56 Å². The summed E-state index contributed by atoms with van der Waals surface area (Å²) >= 11 is 1.49. The van der Waals surface area contributed by atoms with Gasteiger partial charge in [-0.2, -0.15) is 5.10 Å². The number of methoxy groups -OCH3 is 1. The van der Waals surface area contributed by atoms with Crippen molar-refractivity contribution < 1.29 is 4.74 Å². The lowest BCUT2D eigenvalue weighted by Crippen LogP contribution is -2.10. The highest BCUT2D eigenvalue weighted by molar-refractivity contribution is 7.98. The molecular weight excluding hydrogens is 360 g/mol. The van der Waals surface area contributed by atoms with E-state index in [9.17, 15) is 4.79 Å². The largest absolute Gasteiger partial charge is 0.494 e. The van der Waals surface area contributed by atoms with Gasteiger partial charge in [-0.15, -0.1) is 0 Å². The number of aromatic amines is 1. The summed E-state index contributed by atoms with van der Waals surface area (Å²) in [4.78, 5) is 19.9. The molecule has 2 heterocycles. The molecule has 6 nitrogen and oxygen atoms in total. The van der Waals surface area contributed by atoms with Crippen LogP contribution in [0.4, 0.5) is 0 Å². The Morgan fingerprint density at radius 2 is 2.04 bits per heavy atom. The summed E-state index contributed by atoms with van der Waals surface area (Å²) < 4.78 is 7.05. The molecule has 7 heteroatoms. The molecule has 0 aliphatic heterocycles. The molecule has 0 atom stereocenters. The molecule has 0 radical (unpaired) electrons. The maximum absolute atomic E-state index is 12.5. The first-order chi connectivity index (χ1) is 13.2. The van der Waals surface area contributed by atoms with Crippen molar-refractivity contribution >= 4 is 22.8 Å². The van der Waals surface area contributed by atoms with Gasteiger partial charge < -0.3 is 9.72 Å². The standard InChI is InChI=1S/C20H18N4O2S/c1-13-6-5-7-14(10-13)12-27-20-22-18-15(19(25)23-20)11-21-24(18)16-8-3-4-9-17(16)26-2/h3-11H,12H2,1-2H3,(H,22,23,25). The van der Waals surface area contributed by atoms with Crippen molar-refractivity contribution in [2.75, 3.05) is 7.11 Å². The first-order valence-electron chi connectivity index (χ1n) is 8.45. The van der Waals surface area contributed by atoms with Crippen LogP contribution in [0.3, 0.4) is 0 Å². The number of aryl methyl sites for hydroxylation is 1. The fourth-order valence-corrected chi connectivity index (χ4v) is 3.70. The number of thioether (sulfide) groups is 1. The number of para-hydroxylation sites is 2. The molecule has 27 heavy (non-hydrogen) atoms. The zero-order chi connectivity index (χ0) is 18.8. The minimum atomic E-state index is -0.201. The molecule has 0 bridgehead atoms. The van der Waals surface area contributed by atoms with Gasteiger partial charge in [0.2, 0.25) is 0 Å². The third kappa shape index (κ3) is 3.46. The van der Waals surface area contributed by atoms with Crippen LogP contribution in [0.15, 0.2) is 64.7 Å². The van der Waals surface area contributed by atoms with Gasteiger partial charge in [-0.05, 0) is 24.6 Å². The van der Waals surface area contributed by atoms with E-state index in [-0.39, 0.29) is 5.56 Å². The van der Waals surface area contributed by atoms with Crippen molar-refractivity contribution in [3.63, 3.8) is 0 Å². The minimum Gasteiger partial charge on any atom is -0.494 e. The van der Waals surface area contributed by atoms with Crippen LogP contribution in [0.1, 0.15) is 11.1 Å². The number of fused-ring (bicyclic) bond motifs is 1. The van der Waals surface area contributed by atoms with Crippen LogP contribution in [0.25, 0.3) is 16.7 Å². The Morgan fingerprint density at radius 1 is 1.19 bits per heavy atom. The fourth-order valence-electron chi connectivity index (χ4n) is 2.90. The summed E-state index contributed by atoms with van der Waals surface area (Å²) in [6.45, 7) is 2.06. The zero-order valence-electron chi connectivity index (χ0n) is 15.0. The van der Waals surface area contributed by atoms with E-state index >= 15 is 0 Å². The predicted molar refractivity (Wildman–Crippen MR) is 107 cm³/mol. The smallest absolute Gasteiger partial charge is 0.262 e. The second-order valence-corrected chi connectivity index (χ2v) is 7.08. The number of nitrogens with zero attached hydrogens (tertiary/aromatic N) is 3. The van der Waals surface area contributed by atoms with Gasteiger partial charge in [0.15, 0.2) is 10.8 Å². The summed E-state index contributed by atoms with van der Waals surface area (Å²) in [6.07, 6.45) is 1.53. The predicted octanol–water partition coefficient (Wildman–Crippen LogP) is 3.72. The van der Waals surface area contributed by atoms with E-state index in [1.54, 1.807) is 11.8 Å². The highest BCUT2D eigenvalue weighted by Gasteiger charge is 2.14. The van der Waals surface area contributed by atoms with Gasteiger partial charge in [0.1, 0.15) is 16.8 Å². The number of nitrogens with one attached hydrogen (secondary N) is 1. The Hall–Kier alpha value is -3.06.